The summed E-state index contributed by atoms with van der Waals surface area (Å²) in [6.07, 6.45) is 2.02. The molecule has 1 aliphatic carbocycles. The van der Waals surface area contributed by atoms with E-state index < -0.39 is 16.9 Å². The number of ether oxygens (including phenoxy) is 1. The van der Waals surface area contributed by atoms with Crippen molar-refractivity contribution in [1.82, 2.24) is 5.16 Å². The third kappa shape index (κ3) is 3.03. The van der Waals surface area contributed by atoms with Crippen LogP contribution in [0.5, 0.6) is 0 Å². The van der Waals surface area contributed by atoms with Crippen LogP contribution < -0.4 is 4.90 Å². The van der Waals surface area contributed by atoms with Crippen LogP contribution >= 0.6 is 0 Å². The molecule has 0 saturated heterocycles. The molecule has 3 heterocycles. The lowest BCUT2D eigenvalue weighted by Gasteiger charge is -2.37. The Bertz CT molecular complexity index is 1140. The van der Waals surface area contributed by atoms with Crippen molar-refractivity contribution in [3.63, 3.8) is 0 Å². The molecule has 1 saturated carbocycles. The Hall–Kier alpha value is -3.49. The van der Waals surface area contributed by atoms with Gasteiger partial charge in [0.05, 0.1) is 22.5 Å². The van der Waals surface area contributed by atoms with Gasteiger partial charge in [-0.2, -0.15) is 0 Å². The fraction of sp³-hybridized carbons (Fsp3) is 0.409. The van der Waals surface area contributed by atoms with E-state index >= 15 is 0 Å². The molecule has 1 fully saturated rings. The molecule has 2 aliphatic heterocycles. The van der Waals surface area contributed by atoms with Gasteiger partial charge in [-0.25, -0.2) is 0 Å². The van der Waals surface area contributed by atoms with Crippen LogP contribution in [-0.2, 0) is 14.3 Å². The summed E-state index contributed by atoms with van der Waals surface area (Å²) in [4.78, 5) is 39.2. The predicted molar refractivity (Wildman–Crippen MR) is 108 cm³/mol. The number of aromatic nitrogens is 1. The maximum atomic E-state index is 13.6. The Morgan fingerprint density at radius 2 is 2.03 bits per heavy atom. The first kappa shape index (κ1) is 19.5. The smallest absolute Gasteiger partial charge is 0.295 e. The van der Waals surface area contributed by atoms with Crippen LogP contribution in [-0.4, -0.2) is 27.9 Å². The van der Waals surface area contributed by atoms with E-state index in [0.717, 1.165) is 6.42 Å². The first-order chi connectivity index (χ1) is 14.8. The molecule has 4 atom stereocenters. The Morgan fingerprint density at radius 3 is 2.74 bits per heavy atom. The summed E-state index contributed by atoms with van der Waals surface area (Å²) < 4.78 is 11.3. The average Bonchev–Trinajstić information content (AvgIpc) is 3.30. The number of nitrogens with zero attached hydrogens (tertiary/aromatic N) is 3. The maximum absolute atomic E-state index is 13.6. The quantitative estimate of drug-likeness (QED) is 0.547. The van der Waals surface area contributed by atoms with Gasteiger partial charge in [0.2, 0.25) is 0 Å². The van der Waals surface area contributed by atoms with Gasteiger partial charge in [-0.1, -0.05) is 24.2 Å². The third-order valence-electron chi connectivity index (χ3n) is 6.37. The van der Waals surface area contributed by atoms with Crippen molar-refractivity contribution in [2.24, 2.45) is 11.8 Å². The van der Waals surface area contributed by atoms with Crippen LogP contribution in [0.1, 0.15) is 43.6 Å². The van der Waals surface area contributed by atoms with E-state index in [1.807, 2.05) is 0 Å². The largest absolute Gasteiger partial charge is 0.483 e. The second kappa shape index (κ2) is 7.04. The number of aryl methyl sites for hydroxylation is 1. The van der Waals surface area contributed by atoms with E-state index in [4.69, 9.17) is 9.26 Å². The van der Waals surface area contributed by atoms with Crippen molar-refractivity contribution >= 4 is 23.2 Å². The molecule has 31 heavy (non-hydrogen) atoms. The standard InChI is InChI=1S/C22H21N3O6/c1-11-6-7-16-15(8-11)20(26)18-19(13-4-3-5-14(10-13)25(28)29)24(22(27)21(18)30-16)17-9-12(2)31-23-17/h3-5,9-11,15-16,19H,6-8H2,1-2H3. The molecule has 9 heteroatoms. The lowest BCUT2D eigenvalue weighted by molar-refractivity contribution is -0.384. The van der Waals surface area contributed by atoms with E-state index in [2.05, 4.69) is 12.1 Å². The van der Waals surface area contributed by atoms with E-state index in [9.17, 15) is 19.7 Å². The first-order valence-electron chi connectivity index (χ1n) is 10.3. The molecule has 4 unspecified atom stereocenters. The number of ketones is 1. The lowest BCUT2D eigenvalue weighted by atomic mass is 9.74. The number of nitro benzene ring substituents is 1. The summed E-state index contributed by atoms with van der Waals surface area (Å²) in [5, 5.41) is 15.3. The molecular weight excluding hydrogens is 402 g/mol. The van der Waals surface area contributed by atoms with Crippen LogP contribution in [0.2, 0.25) is 0 Å². The van der Waals surface area contributed by atoms with Crippen molar-refractivity contribution in [3.05, 3.63) is 63.1 Å². The van der Waals surface area contributed by atoms with Crippen LogP contribution in [0.25, 0.3) is 0 Å². The second-order valence-electron chi connectivity index (χ2n) is 8.51. The zero-order valence-corrected chi connectivity index (χ0v) is 17.1. The van der Waals surface area contributed by atoms with Gasteiger partial charge in [0.15, 0.2) is 17.4 Å². The summed E-state index contributed by atoms with van der Waals surface area (Å²) in [6.45, 7) is 3.81. The summed E-state index contributed by atoms with van der Waals surface area (Å²) in [7, 11) is 0. The first-order valence-corrected chi connectivity index (χ1v) is 10.3. The van der Waals surface area contributed by atoms with Gasteiger partial charge in [-0.05, 0) is 37.7 Å². The van der Waals surface area contributed by atoms with Crippen LogP contribution in [0.3, 0.4) is 0 Å². The predicted octanol–water partition coefficient (Wildman–Crippen LogP) is 3.64. The lowest BCUT2D eigenvalue weighted by Crippen LogP contribution is -2.41. The highest BCUT2D eigenvalue weighted by Crippen LogP contribution is 2.49. The Morgan fingerprint density at radius 1 is 1.23 bits per heavy atom. The number of anilines is 1. The zero-order chi connectivity index (χ0) is 21.9. The fourth-order valence-electron chi connectivity index (χ4n) is 4.90. The molecule has 9 nitrogen and oxygen atoms in total. The third-order valence-corrected chi connectivity index (χ3v) is 6.37. The summed E-state index contributed by atoms with van der Waals surface area (Å²) in [5.74, 6) is 0.226. The molecule has 2 aromatic rings. The monoisotopic (exact) mass is 423 g/mol. The summed E-state index contributed by atoms with van der Waals surface area (Å²) in [5.41, 5.74) is 0.581. The van der Waals surface area contributed by atoms with Crippen molar-refractivity contribution in [2.75, 3.05) is 4.90 Å². The molecule has 1 aromatic carbocycles. The van der Waals surface area contributed by atoms with Gasteiger partial charge in [0.1, 0.15) is 11.9 Å². The van der Waals surface area contributed by atoms with Gasteiger partial charge in [-0.3, -0.25) is 24.6 Å². The molecule has 0 bridgehead atoms. The minimum absolute atomic E-state index is 0.0259. The van der Waals surface area contributed by atoms with E-state index in [-0.39, 0.29) is 40.6 Å². The molecule has 1 aromatic heterocycles. The normalized spacial score (nSPS) is 27.7. The number of carbonyl (C=O) groups excluding carboxylic acids is 2. The number of non-ortho nitro benzene ring substituents is 1. The Balaban J connectivity index is 1.66. The molecular formula is C22H21N3O6. The Kier molecular flexibility index (Phi) is 4.42. The molecule has 0 N–H and O–H groups in total. The highest BCUT2D eigenvalue weighted by molar-refractivity contribution is 6.17. The van der Waals surface area contributed by atoms with Gasteiger partial charge in [0, 0.05) is 18.2 Å². The maximum Gasteiger partial charge on any atom is 0.295 e. The van der Waals surface area contributed by atoms with Crippen molar-refractivity contribution in [3.8, 4) is 0 Å². The van der Waals surface area contributed by atoms with Crippen molar-refractivity contribution < 1.29 is 23.8 Å². The Labute approximate surface area is 177 Å². The molecule has 160 valence electrons. The van der Waals surface area contributed by atoms with Crippen molar-refractivity contribution in [1.29, 1.82) is 0 Å². The number of rotatable bonds is 3. The fourth-order valence-corrected chi connectivity index (χ4v) is 4.90. The molecule has 0 spiro atoms. The topological polar surface area (TPSA) is 116 Å². The molecule has 1 amide bonds. The number of hydrogen-bond acceptors (Lipinski definition) is 7. The van der Waals surface area contributed by atoms with Gasteiger partial charge in [-0.15, -0.1) is 0 Å². The SMILES string of the molecule is Cc1cc(N2C(=O)C3=C(C(=O)C4CC(C)CCC4O3)C2c2cccc([N+](=O)[O-])c2)no1. The van der Waals surface area contributed by atoms with Crippen molar-refractivity contribution in [2.45, 2.75) is 45.3 Å². The number of benzene rings is 1. The number of nitro groups is 1. The van der Waals surface area contributed by atoms with E-state index in [1.165, 1.54) is 17.0 Å². The molecule has 0 radical (unpaired) electrons. The number of carbonyl (C=O) groups is 2. The number of Topliss-reactive ketones (excluding diaryl/α,β-unsaturated/α-hetero) is 1. The van der Waals surface area contributed by atoms with E-state index in [1.54, 1.807) is 25.1 Å². The second-order valence-corrected chi connectivity index (χ2v) is 8.51. The number of fused-ring (bicyclic) bond motifs is 1. The summed E-state index contributed by atoms with van der Waals surface area (Å²) >= 11 is 0. The zero-order valence-electron chi connectivity index (χ0n) is 17.1. The van der Waals surface area contributed by atoms with Crippen LogP contribution in [0.4, 0.5) is 11.5 Å². The minimum Gasteiger partial charge on any atom is -0.483 e. The van der Waals surface area contributed by atoms with Gasteiger partial charge >= 0.3 is 0 Å². The highest BCUT2D eigenvalue weighted by Gasteiger charge is 2.53. The minimum atomic E-state index is -0.863. The number of hydrogen-bond donors (Lipinski definition) is 0. The average molecular weight is 423 g/mol. The highest BCUT2D eigenvalue weighted by atomic mass is 16.6. The molecule has 5 rings (SSSR count). The van der Waals surface area contributed by atoms with Crippen LogP contribution in [0.15, 0.2) is 46.2 Å². The number of amides is 1. The van der Waals surface area contributed by atoms with Gasteiger partial charge < -0.3 is 9.26 Å². The van der Waals surface area contributed by atoms with Crippen LogP contribution in [0, 0.1) is 28.9 Å². The van der Waals surface area contributed by atoms with E-state index in [0.29, 0.717) is 30.1 Å². The summed E-state index contributed by atoms with van der Waals surface area (Å²) in [6, 6.07) is 6.71. The van der Waals surface area contributed by atoms with Gasteiger partial charge in [0.25, 0.3) is 11.6 Å². The molecule has 3 aliphatic rings.